The fraction of sp³-hybridized carbons (Fsp3) is 0.286. The van der Waals surface area contributed by atoms with Crippen LogP contribution in [0.2, 0.25) is 0 Å². The molecule has 1 atom stereocenters. The Kier molecular flexibility index (Phi) is 4.80. The molecule has 1 aromatic carbocycles. The van der Waals surface area contributed by atoms with Gasteiger partial charge >= 0.3 is 0 Å². The molecule has 1 N–H and O–H groups in total. The zero-order valence-electron chi connectivity index (χ0n) is 10.1. The third-order valence-electron chi connectivity index (χ3n) is 2.54. The molecule has 0 fully saturated rings. The Morgan fingerprint density at radius 3 is 2.89 bits per heavy atom. The average Bonchev–Trinajstić information content (AvgIpc) is 2.82. The van der Waals surface area contributed by atoms with Crippen molar-refractivity contribution in [3.8, 4) is 5.75 Å². The van der Waals surface area contributed by atoms with E-state index >= 15 is 0 Å². The maximum Gasteiger partial charge on any atom is 0.119 e. The first-order valence-electron chi connectivity index (χ1n) is 5.86. The molecule has 18 heavy (non-hydrogen) atoms. The Balaban J connectivity index is 2.20. The van der Waals surface area contributed by atoms with Crippen molar-refractivity contribution in [2.24, 2.45) is 0 Å². The van der Waals surface area contributed by atoms with E-state index in [1.54, 1.807) is 0 Å². The molecule has 0 spiro atoms. The molecule has 0 saturated heterocycles. The minimum Gasteiger partial charge on any atom is -0.494 e. The summed E-state index contributed by atoms with van der Waals surface area (Å²) < 4.78 is 6.52. The van der Waals surface area contributed by atoms with Crippen molar-refractivity contribution >= 4 is 27.3 Å². The summed E-state index contributed by atoms with van der Waals surface area (Å²) >= 11 is 4.98. The summed E-state index contributed by atoms with van der Waals surface area (Å²) in [5.41, 5.74) is 0.853. The molecule has 4 heteroatoms. The van der Waals surface area contributed by atoms with Gasteiger partial charge in [-0.05, 0) is 51.5 Å². The maximum absolute atomic E-state index is 10.3. The number of aliphatic hydroxyl groups excluding tert-OH is 1. The van der Waals surface area contributed by atoms with Crippen LogP contribution in [0, 0.1) is 0 Å². The molecule has 0 aliphatic heterocycles. The molecule has 96 valence electrons. The summed E-state index contributed by atoms with van der Waals surface area (Å²) in [5.74, 6) is 0.807. The van der Waals surface area contributed by atoms with Crippen LogP contribution in [0.15, 0.2) is 40.2 Å². The van der Waals surface area contributed by atoms with Gasteiger partial charge in [0, 0.05) is 4.47 Å². The van der Waals surface area contributed by atoms with Gasteiger partial charge in [-0.1, -0.05) is 19.1 Å². The summed E-state index contributed by atoms with van der Waals surface area (Å²) in [6, 6.07) is 9.57. The third kappa shape index (κ3) is 3.13. The van der Waals surface area contributed by atoms with Gasteiger partial charge in [-0.2, -0.15) is 0 Å². The van der Waals surface area contributed by atoms with Crippen LogP contribution in [0.4, 0.5) is 0 Å². The van der Waals surface area contributed by atoms with Gasteiger partial charge in [0.1, 0.15) is 11.9 Å². The summed E-state index contributed by atoms with van der Waals surface area (Å²) in [4.78, 5) is 0.919. The van der Waals surface area contributed by atoms with Gasteiger partial charge in [-0.3, -0.25) is 0 Å². The molecular formula is C14H15BrO2S. The van der Waals surface area contributed by atoms with Crippen molar-refractivity contribution in [1.82, 2.24) is 0 Å². The molecule has 2 nitrogen and oxygen atoms in total. The fourth-order valence-electron chi connectivity index (χ4n) is 1.65. The molecule has 0 bridgehead atoms. The lowest BCUT2D eigenvalue weighted by molar-refractivity contribution is 0.222. The van der Waals surface area contributed by atoms with E-state index in [4.69, 9.17) is 4.74 Å². The number of ether oxygens (including phenoxy) is 1. The van der Waals surface area contributed by atoms with E-state index < -0.39 is 6.10 Å². The summed E-state index contributed by atoms with van der Waals surface area (Å²) in [5, 5.41) is 12.3. The van der Waals surface area contributed by atoms with E-state index in [0.29, 0.717) is 6.61 Å². The Labute approximate surface area is 119 Å². The number of benzene rings is 1. The van der Waals surface area contributed by atoms with Crippen LogP contribution in [-0.2, 0) is 0 Å². The van der Waals surface area contributed by atoms with Crippen LogP contribution in [-0.4, -0.2) is 11.7 Å². The van der Waals surface area contributed by atoms with Crippen LogP contribution >= 0.6 is 27.3 Å². The molecule has 0 saturated carbocycles. The molecule has 0 amide bonds. The average molecular weight is 327 g/mol. The molecule has 2 aromatic rings. The number of rotatable bonds is 5. The van der Waals surface area contributed by atoms with Crippen molar-refractivity contribution in [1.29, 1.82) is 0 Å². The van der Waals surface area contributed by atoms with Crippen LogP contribution in [0.5, 0.6) is 5.75 Å². The summed E-state index contributed by atoms with van der Waals surface area (Å²) in [6.45, 7) is 2.77. The molecular weight excluding hydrogens is 312 g/mol. The van der Waals surface area contributed by atoms with Gasteiger partial charge in [-0.15, -0.1) is 11.3 Å². The normalized spacial score (nSPS) is 12.4. The highest BCUT2D eigenvalue weighted by Gasteiger charge is 2.15. The highest BCUT2D eigenvalue weighted by Crippen LogP contribution is 2.33. The van der Waals surface area contributed by atoms with E-state index in [1.165, 1.54) is 11.3 Å². The van der Waals surface area contributed by atoms with E-state index in [-0.39, 0.29) is 0 Å². The topological polar surface area (TPSA) is 29.5 Å². The van der Waals surface area contributed by atoms with Gasteiger partial charge in [0.05, 0.1) is 11.5 Å². The van der Waals surface area contributed by atoms with Gasteiger partial charge in [0.25, 0.3) is 0 Å². The molecule has 1 heterocycles. The molecule has 1 aromatic heterocycles. The largest absolute Gasteiger partial charge is 0.494 e. The third-order valence-corrected chi connectivity index (χ3v) is 4.46. The first-order valence-corrected chi connectivity index (χ1v) is 7.53. The van der Waals surface area contributed by atoms with Crippen LogP contribution in [0.25, 0.3) is 0 Å². The second kappa shape index (κ2) is 6.36. The quantitative estimate of drug-likeness (QED) is 0.883. The minimum atomic E-state index is -0.607. The van der Waals surface area contributed by atoms with Crippen molar-refractivity contribution in [2.75, 3.05) is 6.61 Å². The zero-order valence-corrected chi connectivity index (χ0v) is 12.5. The Morgan fingerprint density at radius 2 is 2.22 bits per heavy atom. The first kappa shape index (κ1) is 13.6. The van der Waals surface area contributed by atoms with E-state index in [2.05, 4.69) is 22.9 Å². The number of aliphatic hydroxyl groups is 1. The minimum absolute atomic E-state index is 0.607. The number of halogens is 1. The van der Waals surface area contributed by atoms with Gasteiger partial charge in [0.2, 0.25) is 0 Å². The second-order valence-electron chi connectivity index (χ2n) is 3.96. The highest BCUT2D eigenvalue weighted by molar-refractivity contribution is 9.10. The smallest absolute Gasteiger partial charge is 0.119 e. The Morgan fingerprint density at radius 1 is 1.39 bits per heavy atom. The fourth-order valence-corrected chi connectivity index (χ4v) is 3.25. The lowest BCUT2D eigenvalue weighted by Gasteiger charge is -2.12. The number of thiophene rings is 1. The van der Waals surface area contributed by atoms with E-state index in [9.17, 15) is 5.11 Å². The number of hydrogen-bond donors (Lipinski definition) is 1. The van der Waals surface area contributed by atoms with Crippen molar-refractivity contribution in [3.63, 3.8) is 0 Å². The first-order chi connectivity index (χ1) is 8.72. The second-order valence-corrected chi connectivity index (χ2v) is 5.76. The standard InChI is InChI=1S/C14H15BrO2S/c1-2-7-17-11-5-3-4-10(9-11)13(16)14-12(15)6-8-18-14/h3-6,8-9,13,16H,2,7H2,1H3. The van der Waals surface area contributed by atoms with Crippen LogP contribution in [0.3, 0.4) is 0 Å². The van der Waals surface area contributed by atoms with Crippen molar-refractivity contribution in [3.05, 3.63) is 50.6 Å². The Bertz CT molecular complexity index is 510. The van der Waals surface area contributed by atoms with Crippen molar-refractivity contribution < 1.29 is 9.84 Å². The zero-order chi connectivity index (χ0) is 13.0. The molecule has 0 aliphatic carbocycles. The number of hydrogen-bond acceptors (Lipinski definition) is 3. The predicted molar refractivity (Wildman–Crippen MR) is 78.3 cm³/mol. The van der Waals surface area contributed by atoms with E-state index in [1.807, 2.05) is 35.7 Å². The molecule has 1 unspecified atom stereocenters. The van der Waals surface area contributed by atoms with Gasteiger partial charge in [-0.25, -0.2) is 0 Å². The highest BCUT2D eigenvalue weighted by atomic mass is 79.9. The lowest BCUT2D eigenvalue weighted by atomic mass is 10.1. The molecule has 0 radical (unpaired) electrons. The molecule has 0 aliphatic rings. The van der Waals surface area contributed by atoms with E-state index in [0.717, 1.165) is 27.1 Å². The van der Waals surface area contributed by atoms with Crippen molar-refractivity contribution in [2.45, 2.75) is 19.4 Å². The summed E-state index contributed by atoms with van der Waals surface area (Å²) in [7, 11) is 0. The lowest BCUT2D eigenvalue weighted by Crippen LogP contribution is -2.00. The van der Waals surface area contributed by atoms with Gasteiger partial charge < -0.3 is 9.84 Å². The van der Waals surface area contributed by atoms with Crippen LogP contribution in [0.1, 0.15) is 29.9 Å². The monoisotopic (exact) mass is 326 g/mol. The predicted octanol–water partition coefficient (Wildman–Crippen LogP) is 4.38. The van der Waals surface area contributed by atoms with Crippen LogP contribution < -0.4 is 4.74 Å². The summed E-state index contributed by atoms with van der Waals surface area (Å²) in [6.07, 6.45) is 0.369. The Hall–Kier alpha value is -0.840. The molecule has 2 rings (SSSR count). The van der Waals surface area contributed by atoms with Gasteiger partial charge in [0.15, 0.2) is 0 Å². The SMILES string of the molecule is CCCOc1cccc(C(O)c2sccc2Br)c1. The maximum atomic E-state index is 10.3.